The number of hydrogen-bond donors (Lipinski definition) is 2. The van der Waals surface area contributed by atoms with E-state index in [1.807, 2.05) is 6.92 Å². The number of nitrogens with one attached hydrogen (secondary N) is 1. The summed E-state index contributed by atoms with van der Waals surface area (Å²) < 4.78 is 0.607. The van der Waals surface area contributed by atoms with Crippen LogP contribution < -0.4 is 5.32 Å². The number of carboxylic acid groups (broad SMARTS) is 1. The summed E-state index contributed by atoms with van der Waals surface area (Å²) in [5, 5.41) is 11.6. The molecule has 2 aromatic rings. The number of carboxylic acids is 1. The Balaban J connectivity index is 2.25. The van der Waals surface area contributed by atoms with E-state index in [2.05, 4.69) is 26.2 Å². The van der Waals surface area contributed by atoms with Gasteiger partial charge in [-0.2, -0.15) is 0 Å². The van der Waals surface area contributed by atoms with Gasteiger partial charge in [-0.05, 0) is 53.2 Å². The smallest absolute Gasteiger partial charge is 0.335 e. The van der Waals surface area contributed by atoms with E-state index in [-0.39, 0.29) is 11.5 Å². The van der Waals surface area contributed by atoms with Gasteiger partial charge in [0.2, 0.25) is 0 Å². The van der Waals surface area contributed by atoms with Crippen molar-refractivity contribution >= 4 is 33.5 Å². The van der Waals surface area contributed by atoms with Crippen molar-refractivity contribution in [2.24, 2.45) is 0 Å². The number of carbonyl (C=O) groups excluding carboxylic acids is 1. The lowest BCUT2D eigenvalue weighted by Crippen LogP contribution is -2.13. The largest absolute Gasteiger partial charge is 0.478 e. The predicted molar refractivity (Wildman–Crippen MR) is 78.0 cm³/mol. The standard InChI is InChI=1S/C14H11BrN2O3/c1-8-2-3-10(7-16-8)13(18)17-12-6-9(14(19)20)4-5-11(12)15/h2-7H,1H3,(H,17,18)(H,19,20). The summed E-state index contributed by atoms with van der Waals surface area (Å²) in [7, 11) is 0. The quantitative estimate of drug-likeness (QED) is 0.903. The monoisotopic (exact) mass is 334 g/mol. The third-order valence-electron chi connectivity index (χ3n) is 2.64. The molecule has 102 valence electrons. The van der Waals surface area contributed by atoms with E-state index in [1.165, 1.54) is 18.3 Å². The molecule has 1 heterocycles. The average molecular weight is 335 g/mol. The summed E-state index contributed by atoms with van der Waals surface area (Å²) in [6.45, 7) is 1.83. The molecule has 6 heteroatoms. The second-order valence-corrected chi connectivity index (χ2v) is 5.00. The van der Waals surface area contributed by atoms with Gasteiger partial charge in [0.05, 0.1) is 16.8 Å². The molecule has 0 atom stereocenters. The third-order valence-corrected chi connectivity index (χ3v) is 3.33. The Hall–Kier alpha value is -2.21. The molecule has 1 amide bonds. The number of pyridine rings is 1. The van der Waals surface area contributed by atoms with Crippen molar-refractivity contribution in [3.63, 3.8) is 0 Å². The van der Waals surface area contributed by atoms with Crippen LogP contribution in [0, 0.1) is 6.92 Å². The van der Waals surface area contributed by atoms with Crippen LogP contribution in [0.1, 0.15) is 26.4 Å². The lowest BCUT2D eigenvalue weighted by Gasteiger charge is -2.08. The summed E-state index contributed by atoms with van der Waals surface area (Å²) in [6.07, 6.45) is 1.47. The zero-order valence-electron chi connectivity index (χ0n) is 10.6. The molecule has 0 unspecified atom stereocenters. The van der Waals surface area contributed by atoms with Crippen LogP contribution in [0.4, 0.5) is 5.69 Å². The third kappa shape index (κ3) is 3.21. The highest BCUT2D eigenvalue weighted by Gasteiger charge is 2.11. The first-order chi connectivity index (χ1) is 9.47. The highest BCUT2D eigenvalue weighted by molar-refractivity contribution is 9.10. The van der Waals surface area contributed by atoms with E-state index in [1.54, 1.807) is 18.2 Å². The van der Waals surface area contributed by atoms with Crippen LogP contribution in [0.2, 0.25) is 0 Å². The zero-order valence-corrected chi connectivity index (χ0v) is 12.1. The Morgan fingerprint density at radius 3 is 2.50 bits per heavy atom. The van der Waals surface area contributed by atoms with Gasteiger partial charge in [-0.3, -0.25) is 9.78 Å². The number of anilines is 1. The molecule has 2 N–H and O–H groups in total. The van der Waals surface area contributed by atoms with Gasteiger partial charge < -0.3 is 10.4 Å². The minimum atomic E-state index is -1.05. The molecular weight excluding hydrogens is 324 g/mol. The summed E-state index contributed by atoms with van der Waals surface area (Å²) in [6, 6.07) is 7.82. The Kier molecular flexibility index (Phi) is 4.14. The number of halogens is 1. The predicted octanol–water partition coefficient (Wildman–Crippen LogP) is 3.10. The Morgan fingerprint density at radius 2 is 1.90 bits per heavy atom. The number of carbonyl (C=O) groups is 2. The van der Waals surface area contributed by atoms with E-state index >= 15 is 0 Å². The molecule has 1 aromatic heterocycles. The van der Waals surface area contributed by atoms with Crippen LogP contribution in [-0.4, -0.2) is 22.0 Å². The molecule has 0 radical (unpaired) electrons. The molecule has 0 aliphatic rings. The maximum absolute atomic E-state index is 12.0. The highest BCUT2D eigenvalue weighted by Crippen LogP contribution is 2.24. The second kappa shape index (κ2) is 5.83. The second-order valence-electron chi connectivity index (χ2n) is 4.14. The lowest BCUT2D eigenvalue weighted by molar-refractivity contribution is 0.0696. The first-order valence-corrected chi connectivity index (χ1v) is 6.53. The fourth-order valence-electron chi connectivity index (χ4n) is 1.55. The van der Waals surface area contributed by atoms with Crippen molar-refractivity contribution in [1.29, 1.82) is 0 Å². The van der Waals surface area contributed by atoms with E-state index in [0.29, 0.717) is 15.7 Å². The molecule has 0 aliphatic heterocycles. The van der Waals surface area contributed by atoms with Gasteiger partial charge in [-0.25, -0.2) is 4.79 Å². The fraction of sp³-hybridized carbons (Fsp3) is 0.0714. The van der Waals surface area contributed by atoms with Gasteiger partial charge in [0.25, 0.3) is 5.91 Å². The van der Waals surface area contributed by atoms with E-state index in [4.69, 9.17) is 5.11 Å². The zero-order chi connectivity index (χ0) is 14.7. The van der Waals surface area contributed by atoms with Gasteiger partial charge in [0.1, 0.15) is 0 Å². The van der Waals surface area contributed by atoms with E-state index in [0.717, 1.165) is 5.69 Å². The number of amides is 1. The molecule has 0 saturated heterocycles. The van der Waals surface area contributed by atoms with Crippen LogP contribution in [-0.2, 0) is 0 Å². The van der Waals surface area contributed by atoms with Crippen molar-refractivity contribution in [1.82, 2.24) is 4.98 Å². The number of hydrogen-bond acceptors (Lipinski definition) is 3. The van der Waals surface area contributed by atoms with Gasteiger partial charge >= 0.3 is 5.97 Å². The Bertz CT molecular complexity index is 669. The molecule has 1 aromatic carbocycles. The van der Waals surface area contributed by atoms with Crippen LogP contribution in [0.25, 0.3) is 0 Å². The van der Waals surface area contributed by atoms with Crippen molar-refractivity contribution in [3.8, 4) is 0 Å². The van der Waals surface area contributed by atoms with Crippen LogP contribution in [0.5, 0.6) is 0 Å². The summed E-state index contributed by atoms with van der Waals surface area (Å²) in [5.74, 6) is -1.40. The van der Waals surface area contributed by atoms with Crippen molar-refractivity contribution in [2.75, 3.05) is 5.32 Å². The molecule has 0 fully saturated rings. The SMILES string of the molecule is Cc1ccc(C(=O)Nc2cc(C(=O)O)ccc2Br)cn1. The Morgan fingerprint density at radius 1 is 1.20 bits per heavy atom. The number of aryl methyl sites for hydroxylation is 1. The minimum absolute atomic E-state index is 0.102. The maximum atomic E-state index is 12.0. The normalized spacial score (nSPS) is 10.1. The van der Waals surface area contributed by atoms with Gasteiger partial charge in [0, 0.05) is 16.4 Å². The highest BCUT2D eigenvalue weighted by atomic mass is 79.9. The first kappa shape index (κ1) is 14.2. The number of nitrogens with zero attached hydrogens (tertiary/aromatic N) is 1. The van der Waals surface area contributed by atoms with Crippen molar-refractivity contribution in [2.45, 2.75) is 6.92 Å². The average Bonchev–Trinajstić information content (AvgIpc) is 2.41. The summed E-state index contributed by atoms with van der Waals surface area (Å²) in [4.78, 5) is 27.0. The van der Waals surface area contributed by atoms with E-state index < -0.39 is 5.97 Å². The molecule has 0 spiro atoms. The molecule has 0 bridgehead atoms. The summed E-state index contributed by atoms with van der Waals surface area (Å²) >= 11 is 3.27. The van der Waals surface area contributed by atoms with Gasteiger partial charge in [-0.15, -0.1) is 0 Å². The number of benzene rings is 1. The van der Waals surface area contributed by atoms with Crippen LogP contribution >= 0.6 is 15.9 Å². The van der Waals surface area contributed by atoms with Gasteiger partial charge in [-0.1, -0.05) is 0 Å². The first-order valence-electron chi connectivity index (χ1n) is 5.74. The number of aromatic carboxylic acids is 1. The fourth-order valence-corrected chi connectivity index (χ4v) is 1.90. The topological polar surface area (TPSA) is 79.3 Å². The van der Waals surface area contributed by atoms with Gasteiger partial charge in [0.15, 0.2) is 0 Å². The molecule has 5 nitrogen and oxygen atoms in total. The number of rotatable bonds is 3. The van der Waals surface area contributed by atoms with Crippen LogP contribution in [0.15, 0.2) is 41.0 Å². The maximum Gasteiger partial charge on any atom is 0.335 e. The van der Waals surface area contributed by atoms with E-state index in [9.17, 15) is 9.59 Å². The number of aromatic nitrogens is 1. The molecule has 20 heavy (non-hydrogen) atoms. The molecule has 0 aliphatic carbocycles. The Labute approximate surface area is 123 Å². The molecular formula is C14H11BrN2O3. The lowest BCUT2D eigenvalue weighted by atomic mass is 10.2. The molecule has 2 rings (SSSR count). The van der Waals surface area contributed by atoms with Crippen LogP contribution in [0.3, 0.4) is 0 Å². The molecule has 0 saturated carbocycles. The summed E-state index contributed by atoms with van der Waals surface area (Å²) in [5.41, 5.74) is 1.72. The van der Waals surface area contributed by atoms with Crippen molar-refractivity contribution < 1.29 is 14.7 Å². The van der Waals surface area contributed by atoms with Crippen molar-refractivity contribution in [3.05, 3.63) is 57.8 Å². The minimum Gasteiger partial charge on any atom is -0.478 e.